The second kappa shape index (κ2) is 6.07. The monoisotopic (exact) mass is 329 g/mol. The van der Waals surface area contributed by atoms with Gasteiger partial charge in [-0.15, -0.1) is 0 Å². The minimum atomic E-state index is -3.00. The first-order valence-corrected chi connectivity index (χ1v) is 8.66. The molecule has 2 rings (SSSR count). The lowest BCUT2D eigenvalue weighted by Gasteiger charge is -2.36. The Morgan fingerprint density at radius 1 is 1.48 bits per heavy atom. The van der Waals surface area contributed by atoms with Crippen molar-refractivity contribution >= 4 is 39.2 Å². The van der Waals surface area contributed by atoms with Gasteiger partial charge in [0.05, 0.1) is 11.5 Å². The molecule has 1 aromatic carbocycles. The highest BCUT2D eigenvalue weighted by Crippen LogP contribution is 2.29. The van der Waals surface area contributed by atoms with Crippen LogP contribution in [-0.4, -0.2) is 43.6 Å². The quantitative estimate of drug-likeness (QED) is 0.859. The summed E-state index contributed by atoms with van der Waals surface area (Å²) in [6, 6.07) is 5.01. The molecule has 21 heavy (non-hydrogen) atoms. The molecule has 114 valence electrons. The summed E-state index contributed by atoms with van der Waals surface area (Å²) in [7, 11) is -3.00. The zero-order valence-electron chi connectivity index (χ0n) is 11.5. The standard InChI is InChI=1S/C14H16ClNO4S/c1-10-9-21(19,20)7-6-16(10)13-4-3-12(15)8-11(13)2-5-14(17)18/h2-5,8,10H,6-7,9H2,1H3,(H,17,18)/b5-2+. The molecular weight excluding hydrogens is 314 g/mol. The molecule has 0 amide bonds. The number of carbonyl (C=O) groups is 1. The highest BCUT2D eigenvalue weighted by atomic mass is 35.5. The predicted molar refractivity (Wildman–Crippen MR) is 83.6 cm³/mol. The fourth-order valence-corrected chi connectivity index (χ4v) is 4.18. The van der Waals surface area contributed by atoms with Gasteiger partial charge >= 0.3 is 5.97 Å². The summed E-state index contributed by atoms with van der Waals surface area (Å²) in [5.41, 5.74) is 1.45. The largest absolute Gasteiger partial charge is 0.478 e. The van der Waals surface area contributed by atoms with Crippen LogP contribution in [0.1, 0.15) is 12.5 Å². The zero-order chi connectivity index (χ0) is 15.6. The SMILES string of the molecule is CC1CS(=O)(=O)CCN1c1ccc(Cl)cc1/C=C/C(=O)O. The van der Waals surface area contributed by atoms with Crippen molar-refractivity contribution in [1.29, 1.82) is 0 Å². The smallest absolute Gasteiger partial charge is 0.328 e. The summed E-state index contributed by atoms with van der Waals surface area (Å²) in [5, 5.41) is 9.25. The van der Waals surface area contributed by atoms with Crippen LogP contribution in [0.2, 0.25) is 5.02 Å². The van der Waals surface area contributed by atoms with Crippen LogP contribution in [0.15, 0.2) is 24.3 Å². The number of nitrogens with zero attached hydrogens (tertiary/aromatic N) is 1. The number of rotatable bonds is 3. The first-order valence-electron chi connectivity index (χ1n) is 6.46. The Morgan fingerprint density at radius 3 is 2.81 bits per heavy atom. The second-order valence-electron chi connectivity index (χ2n) is 5.03. The first-order chi connectivity index (χ1) is 9.78. The average molecular weight is 330 g/mol. The molecule has 0 spiro atoms. The van der Waals surface area contributed by atoms with E-state index in [2.05, 4.69) is 0 Å². The lowest BCUT2D eigenvalue weighted by atomic mass is 10.1. The number of halogens is 1. The highest BCUT2D eigenvalue weighted by Gasteiger charge is 2.29. The van der Waals surface area contributed by atoms with Crippen LogP contribution in [0.5, 0.6) is 0 Å². The Hall–Kier alpha value is -1.53. The number of carboxylic acids is 1. The van der Waals surface area contributed by atoms with E-state index in [9.17, 15) is 13.2 Å². The Labute approximate surface area is 128 Å². The normalized spacial score (nSPS) is 21.6. The van der Waals surface area contributed by atoms with Crippen molar-refractivity contribution in [3.63, 3.8) is 0 Å². The minimum Gasteiger partial charge on any atom is -0.478 e. The van der Waals surface area contributed by atoms with Gasteiger partial charge in [-0.1, -0.05) is 11.6 Å². The third-order valence-electron chi connectivity index (χ3n) is 3.37. The fraction of sp³-hybridized carbons (Fsp3) is 0.357. The van der Waals surface area contributed by atoms with E-state index in [1.165, 1.54) is 6.08 Å². The van der Waals surface area contributed by atoms with E-state index in [1.807, 2.05) is 11.8 Å². The number of hydrogen-bond donors (Lipinski definition) is 1. The fourth-order valence-electron chi connectivity index (χ4n) is 2.44. The molecule has 1 heterocycles. The molecular formula is C14H16ClNO4S. The van der Waals surface area contributed by atoms with Gasteiger partial charge in [0.25, 0.3) is 0 Å². The van der Waals surface area contributed by atoms with Crippen LogP contribution in [0.4, 0.5) is 5.69 Å². The molecule has 1 aliphatic rings. The minimum absolute atomic E-state index is 0.0950. The molecule has 0 aromatic heterocycles. The van der Waals surface area contributed by atoms with E-state index in [0.717, 1.165) is 11.8 Å². The Kier molecular flexibility index (Phi) is 4.58. The van der Waals surface area contributed by atoms with Gasteiger partial charge in [0.1, 0.15) is 0 Å². The summed E-state index contributed by atoms with van der Waals surface area (Å²) < 4.78 is 23.3. The summed E-state index contributed by atoms with van der Waals surface area (Å²) in [6.45, 7) is 2.23. The van der Waals surface area contributed by atoms with E-state index in [1.54, 1.807) is 18.2 Å². The van der Waals surface area contributed by atoms with Crippen molar-refractivity contribution in [2.45, 2.75) is 13.0 Å². The van der Waals surface area contributed by atoms with Crippen LogP contribution in [0, 0.1) is 0 Å². The third-order valence-corrected chi connectivity index (χ3v) is 5.40. The average Bonchev–Trinajstić information content (AvgIpc) is 2.36. The van der Waals surface area contributed by atoms with Gasteiger partial charge in [0, 0.05) is 29.4 Å². The van der Waals surface area contributed by atoms with Gasteiger partial charge < -0.3 is 10.0 Å². The topological polar surface area (TPSA) is 74.7 Å². The first kappa shape index (κ1) is 15.9. The van der Waals surface area contributed by atoms with Gasteiger partial charge in [-0.25, -0.2) is 13.2 Å². The number of benzene rings is 1. The lowest BCUT2D eigenvalue weighted by molar-refractivity contribution is -0.131. The van der Waals surface area contributed by atoms with E-state index in [-0.39, 0.29) is 17.5 Å². The highest BCUT2D eigenvalue weighted by molar-refractivity contribution is 7.91. The molecule has 1 atom stereocenters. The summed E-state index contributed by atoms with van der Waals surface area (Å²) >= 11 is 5.96. The Bertz CT molecular complexity index is 684. The van der Waals surface area contributed by atoms with Crippen LogP contribution in [0.25, 0.3) is 6.08 Å². The molecule has 7 heteroatoms. The van der Waals surface area contributed by atoms with Gasteiger partial charge in [-0.05, 0) is 36.8 Å². The maximum atomic E-state index is 11.7. The van der Waals surface area contributed by atoms with Crippen LogP contribution < -0.4 is 4.90 Å². The molecule has 1 aliphatic heterocycles. The van der Waals surface area contributed by atoms with E-state index >= 15 is 0 Å². The van der Waals surface area contributed by atoms with Crippen molar-refractivity contribution < 1.29 is 18.3 Å². The molecule has 1 unspecified atom stereocenters. The predicted octanol–water partition coefficient (Wildman–Crippen LogP) is 2.06. The second-order valence-corrected chi connectivity index (χ2v) is 7.70. The Balaban J connectivity index is 2.37. The summed E-state index contributed by atoms with van der Waals surface area (Å²) in [6.07, 6.45) is 2.51. The molecule has 5 nitrogen and oxygen atoms in total. The molecule has 1 fully saturated rings. The number of hydrogen-bond acceptors (Lipinski definition) is 4. The molecule has 0 saturated carbocycles. The molecule has 1 aromatic rings. The number of carboxylic acid groups (broad SMARTS) is 1. The molecule has 1 N–H and O–H groups in total. The lowest BCUT2D eigenvalue weighted by Crippen LogP contribution is -2.47. The summed E-state index contributed by atoms with van der Waals surface area (Å²) in [4.78, 5) is 12.7. The van der Waals surface area contributed by atoms with Crippen LogP contribution >= 0.6 is 11.6 Å². The number of anilines is 1. The van der Waals surface area contributed by atoms with Crippen molar-refractivity contribution in [2.24, 2.45) is 0 Å². The summed E-state index contributed by atoms with van der Waals surface area (Å²) in [5.74, 6) is -0.852. The Morgan fingerprint density at radius 2 is 2.19 bits per heavy atom. The molecule has 0 aliphatic carbocycles. The van der Waals surface area contributed by atoms with Gasteiger partial charge in [-0.3, -0.25) is 0 Å². The van der Waals surface area contributed by atoms with E-state index in [0.29, 0.717) is 17.1 Å². The van der Waals surface area contributed by atoms with E-state index in [4.69, 9.17) is 16.7 Å². The van der Waals surface area contributed by atoms with Crippen molar-refractivity contribution in [2.75, 3.05) is 23.0 Å². The van der Waals surface area contributed by atoms with Gasteiger partial charge in [0.2, 0.25) is 0 Å². The van der Waals surface area contributed by atoms with E-state index < -0.39 is 15.8 Å². The molecule has 0 radical (unpaired) electrons. The van der Waals surface area contributed by atoms with Crippen LogP contribution in [0.3, 0.4) is 0 Å². The van der Waals surface area contributed by atoms with Crippen molar-refractivity contribution in [3.05, 3.63) is 34.9 Å². The number of sulfone groups is 1. The third kappa shape index (κ3) is 3.98. The van der Waals surface area contributed by atoms with Gasteiger partial charge in [-0.2, -0.15) is 0 Å². The maximum absolute atomic E-state index is 11.7. The zero-order valence-corrected chi connectivity index (χ0v) is 13.1. The number of aliphatic carboxylic acids is 1. The maximum Gasteiger partial charge on any atom is 0.328 e. The van der Waals surface area contributed by atoms with Crippen molar-refractivity contribution in [3.8, 4) is 0 Å². The van der Waals surface area contributed by atoms with Crippen LogP contribution in [-0.2, 0) is 14.6 Å². The molecule has 1 saturated heterocycles. The molecule has 0 bridgehead atoms. The van der Waals surface area contributed by atoms with Gasteiger partial charge in [0.15, 0.2) is 9.84 Å². The van der Waals surface area contributed by atoms with Crippen molar-refractivity contribution in [1.82, 2.24) is 0 Å².